The summed E-state index contributed by atoms with van der Waals surface area (Å²) < 4.78 is 5.14. The van der Waals surface area contributed by atoms with Crippen LogP contribution in [0.5, 0.6) is 0 Å². The van der Waals surface area contributed by atoms with Gasteiger partial charge >= 0.3 is 0 Å². The van der Waals surface area contributed by atoms with E-state index in [1.165, 1.54) is 24.6 Å². The van der Waals surface area contributed by atoms with Gasteiger partial charge in [0, 0.05) is 25.8 Å². The molecule has 0 spiro atoms. The van der Waals surface area contributed by atoms with E-state index in [9.17, 15) is 0 Å². The van der Waals surface area contributed by atoms with E-state index in [-0.39, 0.29) is 0 Å². The van der Waals surface area contributed by atoms with E-state index in [0.29, 0.717) is 18.5 Å². The fraction of sp³-hybridized carbons (Fsp3) is 0.636. The van der Waals surface area contributed by atoms with Gasteiger partial charge in [-0.05, 0) is 19.1 Å². The lowest BCUT2D eigenvalue weighted by Gasteiger charge is -2.23. The maximum Gasteiger partial charge on any atom is 0.191 e. The second-order valence-electron chi connectivity index (χ2n) is 4.06. The lowest BCUT2D eigenvalue weighted by molar-refractivity contribution is 0.204. The first-order valence-electron chi connectivity index (χ1n) is 5.68. The van der Waals surface area contributed by atoms with Crippen LogP contribution in [0, 0.1) is 0 Å². The summed E-state index contributed by atoms with van der Waals surface area (Å²) >= 11 is 1.51. The second-order valence-corrected chi connectivity index (χ2v) is 4.83. The maximum atomic E-state index is 5.80. The highest BCUT2D eigenvalue weighted by molar-refractivity contribution is 7.98. The minimum absolute atomic E-state index is 0.530. The van der Waals surface area contributed by atoms with Crippen molar-refractivity contribution >= 4 is 23.4 Å². The molecule has 0 aromatic carbocycles. The molecule has 17 heavy (non-hydrogen) atoms. The van der Waals surface area contributed by atoms with Gasteiger partial charge in [0.05, 0.1) is 6.61 Å². The Morgan fingerprint density at radius 2 is 2.29 bits per heavy atom. The molecule has 94 valence electrons. The molecule has 1 aromatic rings. The summed E-state index contributed by atoms with van der Waals surface area (Å²) in [6, 6.07) is 2.43. The fourth-order valence-electron chi connectivity index (χ4n) is 1.73. The zero-order valence-electron chi connectivity index (χ0n) is 10.2. The third-order valence-corrected chi connectivity index (χ3v) is 3.26. The highest BCUT2D eigenvalue weighted by Crippen LogP contribution is 2.31. The van der Waals surface area contributed by atoms with Gasteiger partial charge in [-0.2, -0.15) is 0 Å². The number of hydrogen-bond acceptors (Lipinski definition) is 6. The number of thioether (sulfide) groups is 1. The van der Waals surface area contributed by atoms with Crippen molar-refractivity contribution in [1.29, 1.82) is 0 Å². The van der Waals surface area contributed by atoms with Crippen molar-refractivity contribution in [3.63, 3.8) is 0 Å². The molecule has 6 heteroatoms. The number of anilines is 2. The summed E-state index contributed by atoms with van der Waals surface area (Å²) in [6.45, 7) is 1.56. The van der Waals surface area contributed by atoms with Crippen LogP contribution in [0.2, 0.25) is 0 Å². The van der Waals surface area contributed by atoms with Gasteiger partial charge in [-0.1, -0.05) is 11.8 Å². The van der Waals surface area contributed by atoms with Crippen LogP contribution in [-0.4, -0.2) is 42.5 Å². The van der Waals surface area contributed by atoms with Crippen molar-refractivity contribution in [3.8, 4) is 0 Å². The highest BCUT2D eigenvalue weighted by Gasteiger charge is 2.30. The van der Waals surface area contributed by atoms with Crippen LogP contribution in [0.1, 0.15) is 12.8 Å². The fourth-order valence-corrected chi connectivity index (χ4v) is 2.11. The first kappa shape index (κ1) is 12.4. The van der Waals surface area contributed by atoms with Crippen LogP contribution in [0.25, 0.3) is 0 Å². The molecule has 1 saturated carbocycles. The molecule has 0 unspecified atom stereocenters. The number of aromatic nitrogens is 2. The van der Waals surface area contributed by atoms with Gasteiger partial charge in [0.1, 0.15) is 11.6 Å². The second kappa shape index (κ2) is 5.55. The lowest BCUT2D eigenvalue weighted by Crippen LogP contribution is -2.30. The Morgan fingerprint density at radius 1 is 1.53 bits per heavy atom. The topological polar surface area (TPSA) is 64.3 Å². The molecule has 1 aliphatic rings. The predicted octanol–water partition coefficient (Wildman–Crippen LogP) is 1.40. The summed E-state index contributed by atoms with van der Waals surface area (Å²) in [4.78, 5) is 10.9. The third kappa shape index (κ3) is 3.23. The summed E-state index contributed by atoms with van der Waals surface area (Å²) in [6.07, 6.45) is 4.40. The summed E-state index contributed by atoms with van der Waals surface area (Å²) in [5, 5.41) is 0.725. The molecule has 5 nitrogen and oxygen atoms in total. The van der Waals surface area contributed by atoms with Crippen LogP contribution < -0.4 is 10.6 Å². The van der Waals surface area contributed by atoms with E-state index in [1.807, 2.05) is 12.3 Å². The Morgan fingerprint density at radius 3 is 2.88 bits per heavy atom. The van der Waals surface area contributed by atoms with Crippen LogP contribution in [0.15, 0.2) is 11.2 Å². The summed E-state index contributed by atoms with van der Waals surface area (Å²) in [5.41, 5.74) is 5.80. The average Bonchev–Trinajstić information content (AvgIpc) is 3.13. The Bertz CT molecular complexity index is 384. The monoisotopic (exact) mass is 254 g/mol. The van der Waals surface area contributed by atoms with Crippen molar-refractivity contribution in [2.75, 3.05) is 37.2 Å². The molecule has 0 atom stereocenters. The first-order valence-corrected chi connectivity index (χ1v) is 6.91. The molecule has 1 aromatic heterocycles. The maximum absolute atomic E-state index is 5.80. The smallest absolute Gasteiger partial charge is 0.191 e. The predicted molar refractivity (Wildman–Crippen MR) is 70.5 cm³/mol. The standard InChI is InChI=1S/C11H18N4OS/c1-16-6-5-15(8-3-4-8)10-7-9(12)13-11(14-10)17-2/h7-8H,3-6H2,1-2H3,(H2,12,13,14). The van der Waals surface area contributed by atoms with E-state index >= 15 is 0 Å². The normalized spacial score (nSPS) is 14.9. The summed E-state index contributed by atoms with van der Waals surface area (Å²) in [7, 11) is 1.72. The molecule has 2 rings (SSSR count). The zero-order chi connectivity index (χ0) is 12.3. The molecular weight excluding hydrogens is 236 g/mol. The number of hydrogen-bond donors (Lipinski definition) is 1. The first-order chi connectivity index (χ1) is 8.24. The molecule has 1 aliphatic carbocycles. The largest absolute Gasteiger partial charge is 0.383 e. The number of nitrogen functional groups attached to an aromatic ring is 1. The van der Waals surface area contributed by atoms with Gasteiger partial charge in [-0.15, -0.1) is 0 Å². The Balaban J connectivity index is 2.18. The van der Waals surface area contributed by atoms with E-state index in [2.05, 4.69) is 14.9 Å². The molecule has 0 aliphatic heterocycles. The van der Waals surface area contributed by atoms with E-state index in [0.717, 1.165) is 17.5 Å². The Kier molecular flexibility index (Phi) is 4.06. The Hall–Kier alpha value is -1.01. The zero-order valence-corrected chi connectivity index (χ0v) is 11.0. The van der Waals surface area contributed by atoms with E-state index < -0.39 is 0 Å². The van der Waals surface area contributed by atoms with Gasteiger partial charge in [0.25, 0.3) is 0 Å². The number of methoxy groups -OCH3 is 1. The van der Waals surface area contributed by atoms with Gasteiger partial charge in [0.2, 0.25) is 0 Å². The summed E-state index contributed by atoms with van der Waals surface area (Å²) in [5.74, 6) is 1.45. The van der Waals surface area contributed by atoms with Crippen molar-refractivity contribution in [1.82, 2.24) is 9.97 Å². The van der Waals surface area contributed by atoms with Crippen molar-refractivity contribution in [2.45, 2.75) is 24.0 Å². The van der Waals surface area contributed by atoms with Crippen LogP contribution in [0.4, 0.5) is 11.6 Å². The van der Waals surface area contributed by atoms with Crippen molar-refractivity contribution < 1.29 is 4.74 Å². The minimum Gasteiger partial charge on any atom is -0.383 e. The van der Waals surface area contributed by atoms with Gasteiger partial charge in [-0.3, -0.25) is 0 Å². The number of nitrogens with two attached hydrogens (primary N) is 1. The molecule has 0 amide bonds. The quantitative estimate of drug-likeness (QED) is 0.611. The Labute approximate surface area is 106 Å². The van der Waals surface area contributed by atoms with Crippen molar-refractivity contribution in [2.24, 2.45) is 0 Å². The van der Waals surface area contributed by atoms with Crippen LogP contribution in [0.3, 0.4) is 0 Å². The molecular formula is C11H18N4OS. The minimum atomic E-state index is 0.530. The van der Waals surface area contributed by atoms with Gasteiger partial charge in [-0.25, -0.2) is 9.97 Å². The highest BCUT2D eigenvalue weighted by atomic mass is 32.2. The number of nitrogens with zero attached hydrogens (tertiary/aromatic N) is 3. The number of ether oxygens (including phenoxy) is 1. The molecule has 1 heterocycles. The van der Waals surface area contributed by atoms with Crippen molar-refractivity contribution in [3.05, 3.63) is 6.07 Å². The SMILES string of the molecule is COCCN(c1cc(N)nc(SC)n1)C1CC1. The molecule has 2 N–H and O–H groups in total. The van der Waals surface area contributed by atoms with Gasteiger partial charge in [0.15, 0.2) is 5.16 Å². The van der Waals surface area contributed by atoms with Crippen LogP contribution in [-0.2, 0) is 4.74 Å². The van der Waals surface area contributed by atoms with Gasteiger partial charge < -0.3 is 15.4 Å². The third-order valence-electron chi connectivity index (χ3n) is 2.71. The van der Waals surface area contributed by atoms with Crippen LogP contribution >= 0.6 is 11.8 Å². The molecule has 1 fully saturated rings. The number of rotatable bonds is 6. The van der Waals surface area contributed by atoms with E-state index in [4.69, 9.17) is 10.5 Å². The average molecular weight is 254 g/mol. The molecule has 0 radical (unpaired) electrons. The molecule has 0 saturated heterocycles. The molecule has 0 bridgehead atoms. The van der Waals surface area contributed by atoms with E-state index in [1.54, 1.807) is 7.11 Å². The lowest BCUT2D eigenvalue weighted by atomic mass is 10.4.